The summed E-state index contributed by atoms with van der Waals surface area (Å²) < 4.78 is 5.34. The number of aliphatic carboxylic acids is 1. The Hall–Kier alpha value is -1.29. The lowest BCUT2D eigenvalue weighted by molar-refractivity contribution is -0.138. The Morgan fingerprint density at radius 1 is 1.56 bits per heavy atom. The highest BCUT2D eigenvalue weighted by molar-refractivity contribution is 5.67. The third kappa shape index (κ3) is 3.10. The fraction of sp³-hybridized carbons (Fsp3) is 0.583. The summed E-state index contributed by atoms with van der Waals surface area (Å²) in [6.07, 6.45) is 1.79. The molecule has 0 spiro atoms. The van der Waals surface area contributed by atoms with Gasteiger partial charge < -0.3 is 9.52 Å². The molecule has 1 heterocycles. The van der Waals surface area contributed by atoms with E-state index in [4.69, 9.17) is 9.52 Å². The van der Waals surface area contributed by atoms with E-state index in [9.17, 15) is 4.79 Å². The standard InChI is InChI=1S/C12H19NO3/c1-4-13(9(2)8-12(14)15)10(3)11-6-5-7-16-11/h5-7,9-10H,4,8H2,1-3H3,(H,14,15). The maximum atomic E-state index is 10.7. The quantitative estimate of drug-likeness (QED) is 0.808. The van der Waals surface area contributed by atoms with Crippen molar-refractivity contribution in [1.29, 1.82) is 0 Å². The average Bonchev–Trinajstić information content (AvgIpc) is 2.69. The number of furan rings is 1. The van der Waals surface area contributed by atoms with Gasteiger partial charge in [0, 0.05) is 6.04 Å². The molecule has 16 heavy (non-hydrogen) atoms. The van der Waals surface area contributed by atoms with Crippen molar-refractivity contribution in [3.8, 4) is 0 Å². The van der Waals surface area contributed by atoms with E-state index >= 15 is 0 Å². The lowest BCUT2D eigenvalue weighted by Crippen LogP contribution is -2.36. The van der Waals surface area contributed by atoms with Crippen molar-refractivity contribution in [3.05, 3.63) is 24.2 Å². The largest absolute Gasteiger partial charge is 0.481 e. The Morgan fingerprint density at radius 3 is 2.69 bits per heavy atom. The summed E-state index contributed by atoms with van der Waals surface area (Å²) in [7, 11) is 0. The van der Waals surface area contributed by atoms with Gasteiger partial charge in [-0.3, -0.25) is 9.69 Å². The van der Waals surface area contributed by atoms with Crippen LogP contribution in [0.1, 0.15) is 39.0 Å². The monoisotopic (exact) mass is 225 g/mol. The molecule has 0 aliphatic heterocycles. The third-order valence-corrected chi connectivity index (χ3v) is 2.85. The summed E-state index contributed by atoms with van der Waals surface area (Å²) >= 11 is 0. The van der Waals surface area contributed by atoms with E-state index < -0.39 is 5.97 Å². The number of carboxylic acids is 1. The van der Waals surface area contributed by atoms with Crippen LogP contribution in [-0.2, 0) is 4.79 Å². The molecule has 0 fully saturated rings. The van der Waals surface area contributed by atoms with Crippen LogP contribution in [0.3, 0.4) is 0 Å². The van der Waals surface area contributed by atoms with E-state index in [1.165, 1.54) is 0 Å². The van der Waals surface area contributed by atoms with Gasteiger partial charge in [-0.05, 0) is 32.5 Å². The van der Waals surface area contributed by atoms with Gasteiger partial charge in [-0.15, -0.1) is 0 Å². The van der Waals surface area contributed by atoms with Gasteiger partial charge in [-0.1, -0.05) is 6.92 Å². The molecule has 2 atom stereocenters. The molecule has 1 N–H and O–H groups in total. The van der Waals surface area contributed by atoms with Gasteiger partial charge in [0.1, 0.15) is 5.76 Å². The van der Waals surface area contributed by atoms with Crippen LogP contribution in [0, 0.1) is 0 Å². The van der Waals surface area contributed by atoms with Crippen molar-refractivity contribution >= 4 is 5.97 Å². The van der Waals surface area contributed by atoms with Crippen LogP contribution in [0.5, 0.6) is 0 Å². The normalized spacial score (nSPS) is 15.0. The highest BCUT2D eigenvalue weighted by Gasteiger charge is 2.23. The van der Waals surface area contributed by atoms with Crippen molar-refractivity contribution in [1.82, 2.24) is 4.90 Å². The Bertz CT molecular complexity index is 321. The van der Waals surface area contributed by atoms with Crippen LogP contribution in [0.15, 0.2) is 22.8 Å². The van der Waals surface area contributed by atoms with Crippen LogP contribution < -0.4 is 0 Å². The van der Waals surface area contributed by atoms with Gasteiger partial charge >= 0.3 is 5.97 Å². The second-order valence-corrected chi connectivity index (χ2v) is 3.97. The SMILES string of the molecule is CCN(C(C)CC(=O)O)C(C)c1ccco1. The van der Waals surface area contributed by atoms with Crippen LogP contribution in [-0.4, -0.2) is 28.6 Å². The Labute approximate surface area is 95.9 Å². The lowest BCUT2D eigenvalue weighted by Gasteiger charge is -2.31. The molecule has 0 radical (unpaired) electrons. The molecule has 0 aromatic carbocycles. The summed E-state index contributed by atoms with van der Waals surface area (Å²) in [4.78, 5) is 12.8. The predicted molar refractivity (Wildman–Crippen MR) is 61.2 cm³/mol. The molecular formula is C12H19NO3. The molecular weight excluding hydrogens is 206 g/mol. The van der Waals surface area contributed by atoms with Crippen LogP contribution in [0.4, 0.5) is 0 Å². The van der Waals surface area contributed by atoms with Crippen LogP contribution in [0.25, 0.3) is 0 Å². The summed E-state index contributed by atoms with van der Waals surface area (Å²) in [5, 5.41) is 8.79. The molecule has 0 amide bonds. The molecule has 0 saturated heterocycles. The topological polar surface area (TPSA) is 53.7 Å². The van der Waals surface area contributed by atoms with Crippen LogP contribution in [0.2, 0.25) is 0 Å². The molecule has 90 valence electrons. The zero-order valence-corrected chi connectivity index (χ0v) is 10.0. The molecule has 1 aromatic rings. The van der Waals surface area contributed by atoms with E-state index in [-0.39, 0.29) is 18.5 Å². The molecule has 2 unspecified atom stereocenters. The Kier molecular flexibility index (Phi) is 4.55. The number of hydrogen-bond acceptors (Lipinski definition) is 3. The Morgan fingerprint density at radius 2 is 2.25 bits per heavy atom. The molecule has 1 rings (SSSR count). The number of nitrogens with zero attached hydrogens (tertiary/aromatic N) is 1. The molecule has 1 aromatic heterocycles. The summed E-state index contributed by atoms with van der Waals surface area (Å²) in [5.74, 6) is 0.108. The highest BCUT2D eigenvalue weighted by Crippen LogP contribution is 2.23. The molecule has 0 aliphatic carbocycles. The fourth-order valence-corrected chi connectivity index (χ4v) is 2.03. The minimum absolute atomic E-state index is 0.00241. The first kappa shape index (κ1) is 12.8. The van der Waals surface area contributed by atoms with E-state index in [2.05, 4.69) is 4.90 Å². The lowest BCUT2D eigenvalue weighted by atomic mass is 10.1. The van der Waals surface area contributed by atoms with Gasteiger partial charge in [0.05, 0.1) is 18.7 Å². The zero-order chi connectivity index (χ0) is 12.1. The number of carbonyl (C=O) groups is 1. The average molecular weight is 225 g/mol. The molecule has 4 nitrogen and oxygen atoms in total. The molecule has 4 heteroatoms. The van der Waals surface area contributed by atoms with Crippen molar-refractivity contribution < 1.29 is 14.3 Å². The number of rotatable bonds is 6. The molecule has 0 saturated carbocycles. The number of carboxylic acid groups (broad SMARTS) is 1. The highest BCUT2D eigenvalue weighted by atomic mass is 16.4. The van der Waals surface area contributed by atoms with Gasteiger partial charge in [-0.2, -0.15) is 0 Å². The van der Waals surface area contributed by atoms with Crippen molar-refractivity contribution in [2.75, 3.05) is 6.54 Å². The first-order chi connectivity index (χ1) is 7.56. The maximum Gasteiger partial charge on any atom is 0.304 e. The first-order valence-corrected chi connectivity index (χ1v) is 5.57. The maximum absolute atomic E-state index is 10.7. The summed E-state index contributed by atoms with van der Waals surface area (Å²) in [6.45, 7) is 6.78. The van der Waals surface area contributed by atoms with Gasteiger partial charge in [0.15, 0.2) is 0 Å². The van der Waals surface area contributed by atoms with E-state index in [0.29, 0.717) is 0 Å². The van der Waals surface area contributed by atoms with Crippen molar-refractivity contribution in [2.45, 2.75) is 39.3 Å². The second-order valence-electron chi connectivity index (χ2n) is 3.97. The van der Waals surface area contributed by atoms with Crippen LogP contribution >= 0.6 is 0 Å². The minimum atomic E-state index is -0.766. The Balaban J connectivity index is 2.70. The van der Waals surface area contributed by atoms with Gasteiger partial charge in [0.25, 0.3) is 0 Å². The summed E-state index contributed by atoms with van der Waals surface area (Å²) in [5.41, 5.74) is 0. The fourth-order valence-electron chi connectivity index (χ4n) is 2.03. The smallest absolute Gasteiger partial charge is 0.304 e. The zero-order valence-electron chi connectivity index (χ0n) is 10.0. The third-order valence-electron chi connectivity index (χ3n) is 2.85. The minimum Gasteiger partial charge on any atom is -0.481 e. The second kappa shape index (κ2) is 5.70. The predicted octanol–water partition coefficient (Wildman–Crippen LogP) is 2.53. The van der Waals surface area contributed by atoms with Crippen molar-refractivity contribution in [3.63, 3.8) is 0 Å². The van der Waals surface area contributed by atoms with Crippen molar-refractivity contribution in [2.24, 2.45) is 0 Å². The molecule has 0 aliphatic rings. The number of hydrogen-bond donors (Lipinski definition) is 1. The van der Waals surface area contributed by atoms with E-state index in [0.717, 1.165) is 12.3 Å². The first-order valence-electron chi connectivity index (χ1n) is 5.57. The van der Waals surface area contributed by atoms with E-state index in [1.807, 2.05) is 32.9 Å². The van der Waals surface area contributed by atoms with Gasteiger partial charge in [0.2, 0.25) is 0 Å². The van der Waals surface area contributed by atoms with E-state index in [1.54, 1.807) is 6.26 Å². The summed E-state index contributed by atoms with van der Waals surface area (Å²) in [6, 6.07) is 3.87. The van der Waals surface area contributed by atoms with Gasteiger partial charge in [-0.25, -0.2) is 0 Å². The molecule has 0 bridgehead atoms.